The molecule has 2 aromatic carbocycles. The number of benzene rings is 2. The summed E-state index contributed by atoms with van der Waals surface area (Å²) in [6.45, 7) is 6.57. The maximum atomic E-state index is 10.4. The fourth-order valence-electron chi connectivity index (χ4n) is 2.37. The Morgan fingerprint density at radius 1 is 0.800 bits per heavy atom. The second-order valence-electron chi connectivity index (χ2n) is 5.47. The molecule has 0 heterocycles. The van der Waals surface area contributed by atoms with Crippen LogP contribution in [0, 0.1) is 0 Å². The second kappa shape index (κ2) is 6.71. The van der Waals surface area contributed by atoms with Gasteiger partial charge in [0.1, 0.15) is 6.10 Å². The number of aliphatic hydroxyl groups excluding tert-OH is 1. The van der Waals surface area contributed by atoms with E-state index in [4.69, 9.17) is 0 Å². The molecule has 1 heteroatoms. The zero-order chi connectivity index (χ0) is 14.5. The van der Waals surface area contributed by atoms with Crippen LogP contribution in [-0.2, 0) is 6.42 Å². The summed E-state index contributed by atoms with van der Waals surface area (Å²) in [5.74, 6) is 0.574. The van der Waals surface area contributed by atoms with Gasteiger partial charge in [-0.25, -0.2) is 0 Å². The van der Waals surface area contributed by atoms with E-state index in [0.717, 1.165) is 24.0 Å². The molecule has 0 fully saturated rings. The first-order chi connectivity index (χ1) is 9.65. The van der Waals surface area contributed by atoms with E-state index >= 15 is 0 Å². The van der Waals surface area contributed by atoms with Crippen molar-refractivity contribution in [2.24, 2.45) is 0 Å². The molecule has 20 heavy (non-hydrogen) atoms. The van der Waals surface area contributed by atoms with Crippen molar-refractivity contribution in [3.8, 4) is 0 Å². The van der Waals surface area contributed by atoms with Crippen molar-refractivity contribution in [2.45, 2.75) is 45.6 Å². The zero-order valence-corrected chi connectivity index (χ0v) is 12.6. The van der Waals surface area contributed by atoms with Gasteiger partial charge in [0.05, 0.1) is 0 Å². The first kappa shape index (κ1) is 14.8. The van der Waals surface area contributed by atoms with Crippen molar-refractivity contribution in [3.05, 3.63) is 70.8 Å². The van der Waals surface area contributed by atoms with E-state index in [2.05, 4.69) is 45.0 Å². The lowest BCUT2D eigenvalue weighted by Gasteiger charge is -2.14. The molecular formula is C19H24O. The van der Waals surface area contributed by atoms with E-state index in [9.17, 15) is 5.11 Å². The molecule has 2 rings (SSSR count). The Morgan fingerprint density at radius 2 is 1.25 bits per heavy atom. The van der Waals surface area contributed by atoms with Gasteiger partial charge >= 0.3 is 0 Å². The highest BCUT2D eigenvalue weighted by atomic mass is 16.3. The van der Waals surface area contributed by atoms with E-state index in [0.29, 0.717) is 5.92 Å². The number of aryl methyl sites for hydroxylation is 1. The van der Waals surface area contributed by atoms with E-state index in [1.54, 1.807) is 0 Å². The van der Waals surface area contributed by atoms with Gasteiger partial charge in [0.15, 0.2) is 0 Å². The van der Waals surface area contributed by atoms with Crippen LogP contribution in [-0.4, -0.2) is 5.11 Å². The molecule has 0 saturated heterocycles. The number of rotatable bonds is 5. The summed E-state index contributed by atoms with van der Waals surface area (Å²) in [7, 11) is 0. The maximum Gasteiger partial charge on any atom is 0.104 e. The summed E-state index contributed by atoms with van der Waals surface area (Å²) in [4.78, 5) is 0. The minimum atomic E-state index is -0.535. The van der Waals surface area contributed by atoms with E-state index < -0.39 is 6.10 Å². The normalized spacial score (nSPS) is 14.0. The van der Waals surface area contributed by atoms with Crippen molar-refractivity contribution in [1.29, 1.82) is 0 Å². The van der Waals surface area contributed by atoms with Gasteiger partial charge in [0.25, 0.3) is 0 Å². The molecule has 2 aromatic rings. The van der Waals surface area contributed by atoms with Crippen LogP contribution in [0.1, 0.15) is 61.5 Å². The molecule has 2 atom stereocenters. The van der Waals surface area contributed by atoms with Crippen LogP contribution >= 0.6 is 0 Å². The molecule has 0 spiro atoms. The Morgan fingerprint density at radius 3 is 1.70 bits per heavy atom. The van der Waals surface area contributed by atoms with Gasteiger partial charge in [-0.15, -0.1) is 0 Å². The Labute approximate surface area is 122 Å². The third-order valence-electron chi connectivity index (χ3n) is 4.14. The minimum Gasteiger partial charge on any atom is -0.384 e. The van der Waals surface area contributed by atoms with Crippen LogP contribution in [0.15, 0.2) is 48.5 Å². The number of aliphatic hydroxyl groups is 1. The first-order valence-corrected chi connectivity index (χ1v) is 7.52. The van der Waals surface area contributed by atoms with Crippen LogP contribution in [0.3, 0.4) is 0 Å². The van der Waals surface area contributed by atoms with Crippen molar-refractivity contribution >= 4 is 0 Å². The molecular weight excluding hydrogens is 244 g/mol. The maximum absolute atomic E-state index is 10.4. The molecule has 0 amide bonds. The summed E-state index contributed by atoms with van der Waals surface area (Å²) in [6.07, 6.45) is 1.63. The van der Waals surface area contributed by atoms with Gasteiger partial charge in [-0.3, -0.25) is 0 Å². The summed E-state index contributed by atoms with van der Waals surface area (Å²) in [5.41, 5.74) is 4.55. The SMILES string of the molecule is CCc1ccc(C(O)c2ccc(C(C)CC)cc2)cc1. The summed E-state index contributed by atoms with van der Waals surface area (Å²) >= 11 is 0. The predicted molar refractivity (Wildman–Crippen MR) is 85.0 cm³/mol. The number of hydrogen-bond acceptors (Lipinski definition) is 1. The fourth-order valence-corrected chi connectivity index (χ4v) is 2.37. The Bertz CT molecular complexity index is 525. The second-order valence-corrected chi connectivity index (χ2v) is 5.47. The third-order valence-corrected chi connectivity index (χ3v) is 4.14. The first-order valence-electron chi connectivity index (χ1n) is 7.52. The van der Waals surface area contributed by atoms with E-state index in [1.165, 1.54) is 11.1 Å². The summed E-state index contributed by atoms with van der Waals surface area (Å²) in [5, 5.41) is 10.4. The smallest absolute Gasteiger partial charge is 0.104 e. The average molecular weight is 268 g/mol. The van der Waals surface area contributed by atoms with Crippen LogP contribution in [0.4, 0.5) is 0 Å². The lowest BCUT2D eigenvalue weighted by Crippen LogP contribution is -2.00. The fraction of sp³-hybridized carbons (Fsp3) is 0.368. The van der Waals surface area contributed by atoms with Crippen LogP contribution in [0.5, 0.6) is 0 Å². The van der Waals surface area contributed by atoms with Crippen molar-refractivity contribution < 1.29 is 5.11 Å². The highest BCUT2D eigenvalue weighted by molar-refractivity contribution is 5.34. The molecule has 0 aliphatic rings. The van der Waals surface area contributed by atoms with Gasteiger partial charge in [0.2, 0.25) is 0 Å². The molecule has 2 unspecified atom stereocenters. The lowest BCUT2D eigenvalue weighted by atomic mass is 9.94. The molecule has 1 N–H and O–H groups in total. The molecule has 1 nitrogen and oxygen atoms in total. The van der Waals surface area contributed by atoms with Gasteiger partial charge in [-0.05, 0) is 41.0 Å². The van der Waals surface area contributed by atoms with E-state index in [1.807, 2.05) is 24.3 Å². The minimum absolute atomic E-state index is 0.535. The van der Waals surface area contributed by atoms with Crippen LogP contribution in [0.2, 0.25) is 0 Å². The van der Waals surface area contributed by atoms with Gasteiger partial charge in [0, 0.05) is 0 Å². The van der Waals surface area contributed by atoms with Crippen LogP contribution < -0.4 is 0 Å². The van der Waals surface area contributed by atoms with Gasteiger partial charge in [-0.1, -0.05) is 69.3 Å². The predicted octanol–water partition coefficient (Wildman–Crippen LogP) is 4.84. The Kier molecular flexibility index (Phi) is 4.97. The van der Waals surface area contributed by atoms with Crippen LogP contribution in [0.25, 0.3) is 0 Å². The van der Waals surface area contributed by atoms with Crippen molar-refractivity contribution in [3.63, 3.8) is 0 Å². The monoisotopic (exact) mass is 268 g/mol. The largest absolute Gasteiger partial charge is 0.384 e. The lowest BCUT2D eigenvalue weighted by molar-refractivity contribution is 0.220. The van der Waals surface area contributed by atoms with Crippen molar-refractivity contribution in [1.82, 2.24) is 0 Å². The summed E-state index contributed by atoms with van der Waals surface area (Å²) < 4.78 is 0. The standard InChI is InChI=1S/C19H24O/c1-4-14(3)16-10-12-18(13-11-16)19(20)17-8-6-15(5-2)7-9-17/h6-14,19-20H,4-5H2,1-3H3. The molecule has 0 aliphatic carbocycles. The highest BCUT2D eigenvalue weighted by Gasteiger charge is 2.11. The molecule has 0 aromatic heterocycles. The Balaban J connectivity index is 2.17. The number of hydrogen-bond donors (Lipinski definition) is 1. The topological polar surface area (TPSA) is 20.2 Å². The molecule has 0 radical (unpaired) electrons. The molecule has 0 saturated carbocycles. The Hall–Kier alpha value is -1.60. The molecule has 0 aliphatic heterocycles. The third kappa shape index (κ3) is 3.29. The van der Waals surface area contributed by atoms with Gasteiger partial charge in [-0.2, -0.15) is 0 Å². The molecule has 106 valence electrons. The molecule has 0 bridgehead atoms. The quantitative estimate of drug-likeness (QED) is 0.822. The summed E-state index contributed by atoms with van der Waals surface area (Å²) in [6, 6.07) is 16.6. The zero-order valence-electron chi connectivity index (χ0n) is 12.6. The highest BCUT2D eigenvalue weighted by Crippen LogP contribution is 2.25. The average Bonchev–Trinajstić information content (AvgIpc) is 2.53. The van der Waals surface area contributed by atoms with Crippen molar-refractivity contribution in [2.75, 3.05) is 0 Å². The van der Waals surface area contributed by atoms with Gasteiger partial charge < -0.3 is 5.11 Å². The van der Waals surface area contributed by atoms with E-state index in [-0.39, 0.29) is 0 Å².